The number of anilines is 2. The minimum Gasteiger partial charge on any atom is -0.379 e. The van der Waals surface area contributed by atoms with Crippen LogP contribution in [0.15, 0.2) is 30.9 Å². The van der Waals surface area contributed by atoms with E-state index >= 15 is 0 Å². The molecule has 0 unspecified atom stereocenters. The predicted octanol–water partition coefficient (Wildman–Crippen LogP) is 2.33. The number of nitrogens with zero attached hydrogens (tertiary/aromatic N) is 6. The molecule has 0 aliphatic carbocycles. The molecule has 1 saturated heterocycles. The quantitative estimate of drug-likeness (QED) is 0.405. The van der Waals surface area contributed by atoms with Crippen molar-refractivity contribution in [2.75, 3.05) is 37.4 Å². The van der Waals surface area contributed by atoms with E-state index in [2.05, 4.69) is 25.8 Å². The van der Waals surface area contributed by atoms with Gasteiger partial charge in [0.25, 0.3) is 5.91 Å². The summed E-state index contributed by atoms with van der Waals surface area (Å²) in [5, 5.41) is 14.5. The Bertz CT molecular complexity index is 1420. The summed E-state index contributed by atoms with van der Waals surface area (Å²) in [5.74, 6) is -0.437. The maximum atomic E-state index is 13.1. The fraction of sp³-hybridized carbons (Fsp3) is 0.348. The van der Waals surface area contributed by atoms with Gasteiger partial charge >= 0.3 is 0 Å². The van der Waals surface area contributed by atoms with Gasteiger partial charge in [0.15, 0.2) is 0 Å². The number of hydrogen-bond acceptors (Lipinski definition) is 8. The molecule has 0 spiro atoms. The topological polar surface area (TPSA) is 119 Å². The third kappa shape index (κ3) is 4.67. The Labute approximate surface area is 205 Å². The summed E-state index contributed by atoms with van der Waals surface area (Å²) in [6.45, 7) is 5.51. The molecule has 2 N–H and O–H groups in total. The van der Waals surface area contributed by atoms with Crippen molar-refractivity contribution in [2.45, 2.75) is 20.0 Å². The van der Waals surface area contributed by atoms with Gasteiger partial charge in [0, 0.05) is 45.2 Å². The van der Waals surface area contributed by atoms with Crippen molar-refractivity contribution in [3.63, 3.8) is 0 Å². The van der Waals surface area contributed by atoms with Gasteiger partial charge in [0.1, 0.15) is 4.83 Å². The number of pyridine rings is 1. The maximum absolute atomic E-state index is 13.1. The van der Waals surface area contributed by atoms with Crippen molar-refractivity contribution >= 4 is 39.4 Å². The number of methoxy groups -OCH3 is 1. The summed E-state index contributed by atoms with van der Waals surface area (Å²) in [6, 6.07) is 1.71. The van der Waals surface area contributed by atoms with E-state index in [1.54, 1.807) is 41.7 Å². The normalized spacial score (nSPS) is 14.3. The van der Waals surface area contributed by atoms with Crippen LogP contribution in [-0.4, -0.2) is 73.9 Å². The van der Waals surface area contributed by atoms with Crippen molar-refractivity contribution < 1.29 is 14.3 Å². The molecule has 1 fully saturated rings. The van der Waals surface area contributed by atoms with Crippen molar-refractivity contribution in [3.05, 3.63) is 47.8 Å². The van der Waals surface area contributed by atoms with E-state index < -0.39 is 0 Å². The summed E-state index contributed by atoms with van der Waals surface area (Å²) in [7, 11) is 3.55. The molecule has 35 heavy (non-hydrogen) atoms. The largest absolute Gasteiger partial charge is 0.379 e. The molecule has 0 bridgehead atoms. The molecule has 1 aliphatic heterocycles. The summed E-state index contributed by atoms with van der Waals surface area (Å²) in [5.41, 5.74) is 4.07. The van der Waals surface area contributed by atoms with Crippen LogP contribution in [0.2, 0.25) is 0 Å². The van der Waals surface area contributed by atoms with Gasteiger partial charge in [0.2, 0.25) is 5.91 Å². The first-order chi connectivity index (χ1) is 16.8. The molecule has 0 saturated carbocycles. The van der Waals surface area contributed by atoms with Crippen LogP contribution in [0.5, 0.6) is 0 Å². The number of rotatable bonds is 7. The van der Waals surface area contributed by atoms with Gasteiger partial charge in [-0.3, -0.25) is 24.2 Å². The zero-order valence-electron chi connectivity index (χ0n) is 19.9. The van der Waals surface area contributed by atoms with Crippen LogP contribution in [0, 0.1) is 13.8 Å². The molecule has 0 atom stereocenters. The highest BCUT2D eigenvalue weighted by atomic mass is 32.1. The Kier molecular flexibility index (Phi) is 6.09. The number of ether oxygens (including phenoxy) is 1. The predicted molar refractivity (Wildman–Crippen MR) is 133 cm³/mol. The molecular weight excluding hydrogens is 468 g/mol. The van der Waals surface area contributed by atoms with Crippen LogP contribution in [0.3, 0.4) is 0 Å². The van der Waals surface area contributed by atoms with Gasteiger partial charge in [-0.2, -0.15) is 10.2 Å². The molecule has 11 nitrogen and oxygen atoms in total. The van der Waals surface area contributed by atoms with Gasteiger partial charge in [-0.15, -0.1) is 11.3 Å². The van der Waals surface area contributed by atoms with Gasteiger partial charge in [-0.25, -0.2) is 4.52 Å². The average molecular weight is 495 g/mol. The standard InChI is InChI=1S/C23H26N8O3S/c1-13-18(10-29(3)28-13)20-11-31-23(35-20)17(7-25-31)22(33)27-19-5-15(6-24-14(19)2)26-21(32)12-30-8-16(9-30)34-4/h5-7,10-11,16H,8-9,12H2,1-4H3,(H,26,32)(H,27,33). The summed E-state index contributed by atoms with van der Waals surface area (Å²) >= 11 is 1.48. The molecule has 0 aromatic carbocycles. The first-order valence-corrected chi connectivity index (χ1v) is 11.9. The maximum Gasteiger partial charge on any atom is 0.260 e. The molecule has 1 aliphatic rings. The summed E-state index contributed by atoms with van der Waals surface area (Å²) in [4.78, 5) is 33.6. The molecule has 5 heterocycles. The van der Waals surface area contributed by atoms with Gasteiger partial charge in [-0.1, -0.05) is 0 Å². The van der Waals surface area contributed by atoms with E-state index in [1.807, 2.05) is 31.3 Å². The van der Waals surface area contributed by atoms with Crippen molar-refractivity contribution in [1.29, 1.82) is 0 Å². The second-order valence-electron chi connectivity index (χ2n) is 8.62. The van der Waals surface area contributed by atoms with Crippen molar-refractivity contribution in [1.82, 2.24) is 29.3 Å². The third-order valence-corrected chi connectivity index (χ3v) is 7.11. The molecule has 5 rings (SSSR count). The molecule has 4 aromatic rings. The van der Waals surface area contributed by atoms with Crippen LogP contribution < -0.4 is 10.6 Å². The van der Waals surface area contributed by atoms with E-state index in [0.29, 0.717) is 22.6 Å². The monoisotopic (exact) mass is 494 g/mol. The van der Waals surface area contributed by atoms with E-state index in [9.17, 15) is 9.59 Å². The lowest BCUT2D eigenvalue weighted by molar-refractivity contribution is -0.120. The Morgan fingerprint density at radius 2 is 1.97 bits per heavy atom. The third-order valence-electron chi connectivity index (χ3n) is 5.96. The number of fused-ring (bicyclic) bond motifs is 1. The fourth-order valence-corrected chi connectivity index (χ4v) is 5.15. The number of carbonyl (C=O) groups is 2. The van der Waals surface area contributed by atoms with Crippen molar-refractivity contribution in [2.24, 2.45) is 7.05 Å². The van der Waals surface area contributed by atoms with Crippen LogP contribution in [-0.2, 0) is 16.6 Å². The lowest BCUT2D eigenvalue weighted by Crippen LogP contribution is -2.53. The number of aryl methyl sites for hydroxylation is 3. The highest BCUT2D eigenvalue weighted by Gasteiger charge is 2.27. The van der Waals surface area contributed by atoms with Crippen LogP contribution in [0.4, 0.5) is 11.4 Å². The second-order valence-corrected chi connectivity index (χ2v) is 9.65. The Morgan fingerprint density at radius 3 is 2.69 bits per heavy atom. The fourth-order valence-electron chi connectivity index (χ4n) is 4.03. The van der Waals surface area contributed by atoms with Crippen LogP contribution in [0.25, 0.3) is 15.3 Å². The first kappa shape index (κ1) is 23.1. The molecular formula is C23H26N8O3S. The smallest absolute Gasteiger partial charge is 0.260 e. The molecule has 12 heteroatoms. The zero-order valence-corrected chi connectivity index (χ0v) is 20.7. The Hall–Kier alpha value is -3.61. The number of carbonyl (C=O) groups excluding carboxylic acids is 2. The van der Waals surface area contributed by atoms with Gasteiger partial charge < -0.3 is 15.4 Å². The highest BCUT2D eigenvalue weighted by molar-refractivity contribution is 7.21. The molecule has 0 radical (unpaired) electrons. The number of hydrogen-bond donors (Lipinski definition) is 2. The zero-order chi connectivity index (χ0) is 24.7. The minimum atomic E-state index is -0.295. The van der Waals surface area contributed by atoms with Gasteiger partial charge in [-0.05, 0) is 19.9 Å². The van der Waals surface area contributed by atoms with Crippen LogP contribution >= 0.6 is 11.3 Å². The van der Waals surface area contributed by atoms with E-state index in [4.69, 9.17) is 4.74 Å². The van der Waals surface area contributed by atoms with E-state index in [0.717, 1.165) is 34.1 Å². The highest BCUT2D eigenvalue weighted by Crippen LogP contribution is 2.32. The SMILES string of the molecule is COC1CN(CC(=O)Nc2cnc(C)c(NC(=O)c3cnn4cc(-c5cn(C)nc5C)sc34)c2)C1. The van der Waals surface area contributed by atoms with E-state index in [1.165, 1.54) is 11.3 Å². The number of amides is 2. The Morgan fingerprint density at radius 1 is 1.17 bits per heavy atom. The van der Waals surface area contributed by atoms with Crippen LogP contribution in [0.1, 0.15) is 21.7 Å². The number of likely N-dealkylation sites (tertiary alicyclic amines) is 1. The van der Waals surface area contributed by atoms with Gasteiger partial charge in [0.05, 0.1) is 58.2 Å². The lowest BCUT2D eigenvalue weighted by Gasteiger charge is -2.37. The van der Waals surface area contributed by atoms with E-state index in [-0.39, 0.29) is 24.5 Å². The second kappa shape index (κ2) is 9.21. The number of thiazole rings is 1. The minimum absolute atomic E-state index is 0.141. The Balaban J connectivity index is 1.30. The molecule has 2 amide bonds. The molecule has 182 valence electrons. The average Bonchev–Trinajstić information content (AvgIpc) is 3.46. The lowest BCUT2D eigenvalue weighted by atomic mass is 10.1. The summed E-state index contributed by atoms with van der Waals surface area (Å²) < 4.78 is 8.70. The van der Waals surface area contributed by atoms with Crippen molar-refractivity contribution in [3.8, 4) is 10.4 Å². The summed E-state index contributed by atoms with van der Waals surface area (Å²) in [6.07, 6.45) is 7.17. The number of nitrogens with one attached hydrogen (secondary N) is 2. The first-order valence-electron chi connectivity index (χ1n) is 11.1. The molecule has 4 aromatic heterocycles. The number of aromatic nitrogens is 5.